The highest BCUT2D eigenvalue weighted by Crippen LogP contribution is 2.26. The zero-order chi connectivity index (χ0) is 14.3. The van der Waals surface area contributed by atoms with Crippen LogP contribution in [0.4, 0.5) is 0 Å². The van der Waals surface area contributed by atoms with Gasteiger partial charge in [-0.2, -0.15) is 0 Å². The fourth-order valence-corrected chi connectivity index (χ4v) is 1.87. The third-order valence-electron chi connectivity index (χ3n) is 2.12. The van der Waals surface area contributed by atoms with Gasteiger partial charge in [-0.15, -0.1) is 0 Å². The molecule has 0 saturated carbocycles. The van der Waals surface area contributed by atoms with E-state index in [1.54, 1.807) is 32.2 Å². The number of ether oxygens (including phenoxy) is 2. The van der Waals surface area contributed by atoms with E-state index in [1.807, 2.05) is 0 Å². The minimum absolute atomic E-state index is 0.0959. The van der Waals surface area contributed by atoms with Crippen LogP contribution in [0, 0.1) is 0 Å². The number of nitrogens with zero attached hydrogens (tertiary/aromatic N) is 3. The lowest BCUT2D eigenvalue weighted by atomic mass is 10.2. The Morgan fingerprint density at radius 1 is 1.58 bits per heavy atom. The van der Waals surface area contributed by atoms with Gasteiger partial charge in [0.05, 0.1) is 18.2 Å². The molecule has 0 N–H and O–H groups in total. The second-order valence-corrected chi connectivity index (χ2v) is 4.19. The number of carbonyl (C=O) groups is 1. The highest BCUT2D eigenvalue weighted by atomic mass is 79.9. The van der Waals surface area contributed by atoms with Crippen molar-refractivity contribution < 1.29 is 14.3 Å². The molecule has 6 nitrogen and oxygen atoms in total. The predicted octanol–water partition coefficient (Wildman–Crippen LogP) is 3.67. The molecule has 0 amide bonds. The van der Waals surface area contributed by atoms with Crippen molar-refractivity contribution in [3.63, 3.8) is 0 Å². The van der Waals surface area contributed by atoms with Gasteiger partial charge in [0.15, 0.2) is 0 Å². The summed E-state index contributed by atoms with van der Waals surface area (Å²) in [6, 6.07) is 5.20. The largest absolute Gasteiger partial charge is 0.496 e. The summed E-state index contributed by atoms with van der Waals surface area (Å²) in [6.07, 6.45) is 1.45. The molecule has 0 fully saturated rings. The van der Waals surface area contributed by atoms with Crippen molar-refractivity contribution in [1.82, 2.24) is 0 Å². The number of rotatable bonds is 5. The molecule has 0 radical (unpaired) electrons. The minimum Gasteiger partial charge on any atom is -0.496 e. The number of carbonyl (C=O) groups excluding carboxylic acids is 1. The SMILES string of the molecule is CCOC(=O)/C(=C/c1ccc(OC)c(Br)c1)N=[N+]=[N-]. The molecule has 1 aromatic carbocycles. The molecule has 1 aromatic rings. The lowest BCUT2D eigenvalue weighted by molar-refractivity contribution is -0.138. The van der Waals surface area contributed by atoms with E-state index >= 15 is 0 Å². The van der Waals surface area contributed by atoms with E-state index in [0.717, 1.165) is 4.47 Å². The van der Waals surface area contributed by atoms with Crippen molar-refractivity contribution >= 4 is 28.0 Å². The second-order valence-electron chi connectivity index (χ2n) is 3.33. The standard InChI is InChI=1S/C12H12BrN3O3/c1-3-19-12(17)10(15-16-14)7-8-4-5-11(18-2)9(13)6-8/h4-7H,3H2,1-2H3/b10-7-. The Labute approximate surface area is 118 Å². The summed E-state index contributed by atoms with van der Waals surface area (Å²) in [6.45, 7) is 1.89. The normalized spacial score (nSPS) is 10.6. The topological polar surface area (TPSA) is 84.3 Å². The van der Waals surface area contributed by atoms with Gasteiger partial charge in [-0.05, 0) is 52.2 Å². The monoisotopic (exact) mass is 325 g/mol. The number of methoxy groups -OCH3 is 1. The molecule has 0 aliphatic rings. The van der Waals surface area contributed by atoms with E-state index in [4.69, 9.17) is 15.0 Å². The molecule has 0 aromatic heterocycles. The molecule has 19 heavy (non-hydrogen) atoms. The first kappa shape index (κ1) is 15.1. The van der Waals surface area contributed by atoms with E-state index in [0.29, 0.717) is 11.3 Å². The van der Waals surface area contributed by atoms with Gasteiger partial charge in [0.2, 0.25) is 0 Å². The van der Waals surface area contributed by atoms with Crippen LogP contribution in [-0.4, -0.2) is 19.7 Å². The summed E-state index contributed by atoms with van der Waals surface area (Å²) < 4.78 is 10.6. The Morgan fingerprint density at radius 3 is 2.84 bits per heavy atom. The summed E-state index contributed by atoms with van der Waals surface area (Å²) in [5, 5.41) is 3.33. The van der Waals surface area contributed by atoms with Crippen molar-refractivity contribution in [2.75, 3.05) is 13.7 Å². The average Bonchev–Trinajstić information content (AvgIpc) is 2.39. The third-order valence-corrected chi connectivity index (χ3v) is 2.74. The first-order valence-corrected chi connectivity index (χ1v) is 6.19. The summed E-state index contributed by atoms with van der Waals surface area (Å²) >= 11 is 3.33. The van der Waals surface area contributed by atoms with Crippen LogP contribution < -0.4 is 4.74 Å². The van der Waals surface area contributed by atoms with Crippen molar-refractivity contribution in [1.29, 1.82) is 0 Å². The lowest BCUT2D eigenvalue weighted by Crippen LogP contribution is -2.05. The van der Waals surface area contributed by atoms with Crippen molar-refractivity contribution in [2.45, 2.75) is 6.92 Å². The molecular weight excluding hydrogens is 314 g/mol. The number of esters is 1. The van der Waals surface area contributed by atoms with Crippen LogP contribution >= 0.6 is 15.9 Å². The van der Waals surface area contributed by atoms with Crippen LogP contribution in [0.2, 0.25) is 0 Å². The Morgan fingerprint density at radius 2 is 2.32 bits per heavy atom. The van der Waals surface area contributed by atoms with E-state index in [9.17, 15) is 4.79 Å². The fourth-order valence-electron chi connectivity index (χ4n) is 1.31. The van der Waals surface area contributed by atoms with Gasteiger partial charge < -0.3 is 9.47 Å². The van der Waals surface area contributed by atoms with E-state index in [1.165, 1.54) is 6.08 Å². The van der Waals surface area contributed by atoms with Gasteiger partial charge in [0.1, 0.15) is 11.4 Å². The van der Waals surface area contributed by atoms with Crippen LogP contribution in [0.15, 0.2) is 33.5 Å². The molecule has 1 rings (SSSR count). The molecule has 0 saturated heterocycles. The molecular formula is C12H12BrN3O3. The highest BCUT2D eigenvalue weighted by molar-refractivity contribution is 9.10. The molecule has 0 aliphatic carbocycles. The molecule has 0 bridgehead atoms. The van der Waals surface area contributed by atoms with Crippen LogP contribution in [0.3, 0.4) is 0 Å². The van der Waals surface area contributed by atoms with Crippen molar-refractivity contribution in [3.8, 4) is 5.75 Å². The van der Waals surface area contributed by atoms with Crippen LogP contribution in [-0.2, 0) is 9.53 Å². The Kier molecular flexibility index (Phi) is 5.92. The van der Waals surface area contributed by atoms with Gasteiger partial charge in [-0.1, -0.05) is 11.2 Å². The van der Waals surface area contributed by atoms with E-state index in [2.05, 4.69) is 26.0 Å². The number of benzene rings is 1. The Bertz CT molecular complexity index is 551. The summed E-state index contributed by atoms with van der Waals surface area (Å²) in [4.78, 5) is 14.2. The zero-order valence-electron chi connectivity index (χ0n) is 10.5. The second kappa shape index (κ2) is 7.45. The summed E-state index contributed by atoms with van der Waals surface area (Å²) in [7, 11) is 1.56. The van der Waals surface area contributed by atoms with Crippen molar-refractivity contribution in [2.24, 2.45) is 5.11 Å². The third kappa shape index (κ3) is 4.31. The van der Waals surface area contributed by atoms with Crippen LogP contribution in [0.25, 0.3) is 16.5 Å². The van der Waals surface area contributed by atoms with Crippen LogP contribution in [0.1, 0.15) is 12.5 Å². The number of halogens is 1. The molecule has 0 heterocycles. The predicted molar refractivity (Wildman–Crippen MR) is 74.5 cm³/mol. The van der Waals surface area contributed by atoms with Gasteiger partial charge >= 0.3 is 5.97 Å². The van der Waals surface area contributed by atoms with Gasteiger partial charge in [0.25, 0.3) is 0 Å². The number of hydrogen-bond donors (Lipinski definition) is 0. The van der Waals surface area contributed by atoms with Crippen LogP contribution in [0.5, 0.6) is 5.75 Å². The maximum Gasteiger partial charge on any atom is 0.340 e. The molecule has 0 atom stereocenters. The highest BCUT2D eigenvalue weighted by Gasteiger charge is 2.09. The molecule has 0 unspecified atom stereocenters. The van der Waals surface area contributed by atoms with Gasteiger partial charge in [-0.3, -0.25) is 0 Å². The Hall–Kier alpha value is -1.98. The quantitative estimate of drug-likeness (QED) is 0.272. The Balaban J connectivity index is 3.11. The number of azide groups is 1. The van der Waals surface area contributed by atoms with Gasteiger partial charge in [-0.25, -0.2) is 4.79 Å². The average molecular weight is 326 g/mol. The molecule has 100 valence electrons. The number of hydrogen-bond acceptors (Lipinski definition) is 4. The smallest absolute Gasteiger partial charge is 0.340 e. The molecule has 7 heteroatoms. The van der Waals surface area contributed by atoms with Gasteiger partial charge in [0, 0.05) is 4.91 Å². The summed E-state index contributed by atoms with van der Waals surface area (Å²) in [5.41, 5.74) is 9.04. The zero-order valence-corrected chi connectivity index (χ0v) is 12.0. The summed E-state index contributed by atoms with van der Waals surface area (Å²) in [5.74, 6) is 0.00543. The molecule has 0 spiro atoms. The lowest BCUT2D eigenvalue weighted by Gasteiger charge is -2.05. The maximum atomic E-state index is 11.6. The maximum absolute atomic E-state index is 11.6. The molecule has 0 aliphatic heterocycles. The first-order chi connectivity index (χ1) is 9.12. The van der Waals surface area contributed by atoms with Crippen molar-refractivity contribution in [3.05, 3.63) is 44.4 Å². The fraction of sp³-hybridized carbons (Fsp3) is 0.250. The van der Waals surface area contributed by atoms with E-state index in [-0.39, 0.29) is 12.3 Å². The van der Waals surface area contributed by atoms with E-state index < -0.39 is 5.97 Å². The first-order valence-electron chi connectivity index (χ1n) is 5.39. The minimum atomic E-state index is -0.660.